The van der Waals surface area contributed by atoms with Gasteiger partial charge in [0.1, 0.15) is 23.9 Å². The fraction of sp³-hybridized carbons (Fsp3) is 0.480. The predicted molar refractivity (Wildman–Crippen MR) is 114 cm³/mol. The van der Waals surface area contributed by atoms with E-state index in [4.69, 9.17) is 14.6 Å². The van der Waals surface area contributed by atoms with Gasteiger partial charge in [-0.05, 0) is 62.4 Å². The Morgan fingerprint density at radius 2 is 2.03 bits per heavy atom. The molecule has 2 aromatic rings. The molecule has 0 atom stereocenters. The number of hydrogen-bond donors (Lipinski definition) is 1. The van der Waals surface area contributed by atoms with Gasteiger partial charge in [0.2, 0.25) is 0 Å². The molecule has 1 spiro atoms. The molecule has 2 fully saturated rings. The number of halogens is 1. The topological polar surface area (TPSA) is 59.0 Å². The summed E-state index contributed by atoms with van der Waals surface area (Å²) in [6, 6.07) is 11.3. The Balaban J connectivity index is 1.25. The van der Waals surface area contributed by atoms with Crippen LogP contribution in [0, 0.1) is 5.82 Å². The number of aliphatic carboxylic acids is 1. The van der Waals surface area contributed by atoms with Crippen molar-refractivity contribution in [2.45, 2.75) is 50.0 Å². The van der Waals surface area contributed by atoms with Crippen molar-refractivity contribution in [2.75, 3.05) is 26.2 Å². The van der Waals surface area contributed by atoms with Gasteiger partial charge in [-0.2, -0.15) is 0 Å². The van der Waals surface area contributed by atoms with Crippen molar-refractivity contribution < 1.29 is 23.8 Å². The molecule has 1 saturated carbocycles. The molecule has 5 rings (SSSR count). The Bertz CT molecular complexity index is 979. The minimum Gasteiger partial charge on any atom is -0.492 e. The van der Waals surface area contributed by atoms with E-state index in [-0.39, 0.29) is 24.3 Å². The minimum absolute atomic E-state index is 0.00172. The summed E-state index contributed by atoms with van der Waals surface area (Å²) in [6.45, 7) is 3.24. The summed E-state index contributed by atoms with van der Waals surface area (Å²) in [5.74, 6) is 1.07. The summed E-state index contributed by atoms with van der Waals surface area (Å²) in [4.78, 5) is 13.0. The van der Waals surface area contributed by atoms with Crippen molar-refractivity contribution >= 4 is 5.97 Å². The van der Waals surface area contributed by atoms with Gasteiger partial charge in [0.05, 0.1) is 13.0 Å². The zero-order valence-electron chi connectivity index (χ0n) is 17.6. The number of carboxylic acid groups (broad SMARTS) is 1. The van der Waals surface area contributed by atoms with Crippen LogP contribution in [-0.2, 0) is 16.8 Å². The van der Waals surface area contributed by atoms with Gasteiger partial charge in [0.25, 0.3) is 0 Å². The number of fused-ring (bicyclic) bond motifs is 2. The van der Waals surface area contributed by atoms with Crippen molar-refractivity contribution in [3.05, 3.63) is 58.9 Å². The van der Waals surface area contributed by atoms with E-state index in [1.54, 1.807) is 6.07 Å². The molecule has 1 N–H and O–H groups in total. The van der Waals surface area contributed by atoms with E-state index in [9.17, 15) is 9.18 Å². The maximum absolute atomic E-state index is 14.4. The van der Waals surface area contributed by atoms with Gasteiger partial charge >= 0.3 is 5.97 Å². The van der Waals surface area contributed by atoms with Crippen molar-refractivity contribution in [3.8, 4) is 11.5 Å². The molecule has 2 aromatic carbocycles. The van der Waals surface area contributed by atoms with Crippen molar-refractivity contribution in [1.29, 1.82) is 0 Å². The van der Waals surface area contributed by atoms with Crippen molar-refractivity contribution in [2.24, 2.45) is 0 Å². The van der Waals surface area contributed by atoms with E-state index in [1.165, 1.54) is 11.6 Å². The first-order valence-electron chi connectivity index (χ1n) is 11.2. The number of likely N-dealkylation sites (tertiary alicyclic amines) is 1. The molecular weight excluding hydrogens is 397 g/mol. The van der Waals surface area contributed by atoms with Gasteiger partial charge in [-0.3, -0.25) is 4.79 Å². The average Bonchev–Trinajstić information content (AvgIpc) is 3.56. The lowest BCUT2D eigenvalue weighted by Crippen LogP contribution is -2.44. The number of benzene rings is 2. The van der Waals surface area contributed by atoms with E-state index >= 15 is 0 Å². The molecule has 1 aliphatic carbocycles. The first-order valence-corrected chi connectivity index (χ1v) is 11.2. The molecule has 31 heavy (non-hydrogen) atoms. The van der Waals surface area contributed by atoms with Crippen LogP contribution in [0.2, 0.25) is 0 Å². The number of piperidine rings is 1. The van der Waals surface area contributed by atoms with Gasteiger partial charge < -0.3 is 19.5 Å². The van der Waals surface area contributed by atoms with Crippen molar-refractivity contribution in [1.82, 2.24) is 4.90 Å². The Morgan fingerprint density at radius 1 is 1.23 bits per heavy atom. The van der Waals surface area contributed by atoms with E-state index in [0.717, 1.165) is 50.1 Å². The lowest BCUT2D eigenvalue weighted by molar-refractivity contribution is -0.137. The van der Waals surface area contributed by atoms with Gasteiger partial charge in [-0.15, -0.1) is 0 Å². The summed E-state index contributed by atoms with van der Waals surface area (Å²) in [5.41, 5.74) is 2.95. The molecule has 2 heterocycles. The molecule has 5 nitrogen and oxygen atoms in total. The molecule has 164 valence electrons. The summed E-state index contributed by atoms with van der Waals surface area (Å²) >= 11 is 0. The number of nitrogens with zero attached hydrogens (tertiary/aromatic N) is 1. The smallest absolute Gasteiger partial charge is 0.304 e. The second-order valence-electron chi connectivity index (χ2n) is 9.08. The standard InChI is InChI=1S/C25H28FNO4/c26-22-3-1-2-19(17-4-5-17)20(22)15-30-18-6-7-21-23(14-18)31-16-25(21)9-12-27(13-10-25)11-8-24(28)29/h1-3,6-7,14,17H,4-5,8-13,15-16H2,(H,28,29). The van der Waals surface area contributed by atoms with Crippen LogP contribution in [0.3, 0.4) is 0 Å². The van der Waals surface area contributed by atoms with Crippen LogP contribution in [0.4, 0.5) is 4.39 Å². The Labute approximate surface area is 181 Å². The lowest BCUT2D eigenvalue weighted by Gasteiger charge is -2.38. The molecule has 0 amide bonds. The highest BCUT2D eigenvalue weighted by atomic mass is 19.1. The molecule has 3 aliphatic rings. The number of carbonyl (C=O) groups is 1. The van der Waals surface area contributed by atoms with Crippen LogP contribution in [0.1, 0.15) is 54.7 Å². The molecule has 6 heteroatoms. The Morgan fingerprint density at radius 3 is 2.77 bits per heavy atom. The van der Waals surface area contributed by atoms with Crippen LogP contribution in [0.25, 0.3) is 0 Å². The van der Waals surface area contributed by atoms with Crippen LogP contribution >= 0.6 is 0 Å². The minimum atomic E-state index is -0.748. The number of rotatable bonds is 7. The Kier molecular flexibility index (Phi) is 5.34. The number of hydrogen-bond acceptors (Lipinski definition) is 4. The van der Waals surface area contributed by atoms with Gasteiger partial charge in [0, 0.05) is 29.2 Å². The zero-order chi connectivity index (χ0) is 21.4. The van der Waals surface area contributed by atoms with Gasteiger partial charge in [0.15, 0.2) is 0 Å². The highest BCUT2D eigenvalue weighted by Crippen LogP contribution is 2.47. The number of carboxylic acids is 1. The van der Waals surface area contributed by atoms with Crippen LogP contribution < -0.4 is 9.47 Å². The third-order valence-electron chi connectivity index (χ3n) is 7.04. The highest BCUT2D eigenvalue weighted by Gasteiger charge is 2.43. The normalized spacial score (nSPS) is 19.8. The summed E-state index contributed by atoms with van der Waals surface area (Å²) in [6.07, 6.45) is 4.35. The summed E-state index contributed by atoms with van der Waals surface area (Å²) in [7, 11) is 0. The zero-order valence-corrected chi connectivity index (χ0v) is 17.6. The fourth-order valence-corrected chi connectivity index (χ4v) is 4.98. The maximum atomic E-state index is 14.4. The van der Waals surface area contributed by atoms with Gasteiger partial charge in [-0.25, -0.2) is 4.39 Å². The molecule has 0 bridgehead atoms. The van der Waals surface area contributed by atoms with Crippen LogP contribution in [0.5, 0.6) is 11.5 Å². The highest BCUT2D eigenvalue weighted by molar-refractivity contribution is 5.66. The number of ether oxygens (including phenoxy) is 2. The summed E-state index contributed by atoms with van der Waals surface area (Å²) < 4.78 is 26.4. The van der Waals surface area contributed by atoms with Crippen molar-refractivity contribution in [3.63, 3.8) is 0 Å². The largest absolute Gasteiger partial charge is 0.492 e. The summed E-state index contributed by atoms with van der Waals surface area (Å²) in [5, 5.41) is 8.90. The van der Waals surface area contributed by atoms with Crippen LogP contribution in [-0.4, -0.2) is 42.2 Å². The predicted octanol–water partition coefficient (Wildman–Crippen LogP) is 4.48. The maximum Gasteiger partial charge on any atom is 0.304 e. The van der Waals surface area contributed by atoms with E-state index in [1.807, 2.05) is 18.2 Å². The van der Waals surface area contributed by atoms with E-state index in [2.05, 4.69) is 11.0 Å². The van der Waals surface area contributed by atoms with E-state index < -0.39 is 5.97 Å². The SMILES string of the molecule is O=C(O)CCN1CCC2(CC1)COc1cc(OCc3c(F)cccc3C3CC3)ccc12. The molecule has 1 saturated heterocycles. The van der Waals surface area contributed by atoms with Crippen LogP contribution in [0.15, 0.2) is 36.4 Å². The monoisotopic (exact) mass is 425 g/mol. The van der Waals surface area contributed by atoms with E-state index in [0.29, 0.717) is 30.4 Å². The molecule has 0 aromatic heterocycles. The molecule has 0 unspecified atom stereocenters. The molecular formula is C25H28FNO4. The quantitative estimate of drug-likeness (QED) is 0.709. The third-order valence-corrected chi connectivity index (χ3v) is 7.04. The first-order chi connectivity index (χ1) is 15.0. The second kappa shape index (κ2) is 8.15. The third kappa shape index (κ3) is 4.13. The second-order valence-corrected chi connectivity index (χ2v) is 9.08. The fourth-order valence-electron chi connectivity index (χ4n) is 4.98. The Hall–Kier alpha value is -2.60. The molecule has 0 radical (unpaired) electrons. The first kappa shape index (κ1) is 20.3. The average molecular weight is 426 g/mol. The van der Waals surface area contributed by atoms with Gasteiger partial charge in [-0.1, -0.05) is 18.2 Å². The molecule has 2 aliphatic heterocycles. The lowest BCUT2D eigenvalue weighted by atomic mass is 9.74.